The van der Waals surface area contributed by atoms with Crippen LogP contribution in [-0.4, -0.2) is 33.6 Å². The van der Waals surface area contributed by atoms with Gasteiger partial charge in [-0.05, 0) is 19.1 Å². The van der Waals surface area contributed by atoms with Crippen molar-refractivity contribution in [3.63, 3.8) is 0 Å². The molecule has 1 amide bonds. The van der Waals surface area contributed by atoms with Crippen molar-refractivity contribution < 1.29 is 4.79 Å². The summed E-state index contributed by atoms with van der Waals surface area (Å²) in [5.41, 5.74) is 6.40. The molecule has 16 heavy (non-hydrogen) atoms. The van der Waals surface area contributed by atoms with E-state index >= 15 is 0 Å². The molecule has 0 aliphatic heterocycles. The average Bonchev–Trinajstić information content (AvgIpc) is 2.68. The van der Waals surface area contributed by atoms with Gasteiger partial charge in [0, 0.05) is 19.3 Å². The summed E-state index contributed by atoms with van der Waals surface area (Å²) in [5.74, 6) is 0.576. The first-order valence-corrected chi connectivity index (χ1v) is 5.02. The first kappa shape index (κ1) is 10.6. The molecule has 6 nitrogen and oxygen atoms in total. The Hall–Kier alpha value is -1.95. The van der Waals surface area contributed by atoms with Gasteiger partial charge in [0.05, 0.1) is 5.56 Å². The van der Waals surface area contributed by atoms with Crippen LogP contribution in [0.25, 0.3) is 5.65 Å². The van der Waals surface area contributed by atoms with E-state index in [1.54, 1.807) is 16.5 Å². The molecule has 0 fully saturated rings. The minimum atomic E-state index is -0.177. The van der Waals surface area contributed by atoms with Crippen LogP contribution in [0, 0.1) is 6.92 Å². The Labute approximate surface area is 92.5 Å². The molecule has 0 radical (unpaired) electrons. The first-order chi connectivity index (χ1) is 7.74. The zero-order chi connectivity index (χ0) is 11.5. The Kier molecular flexibility index (Phi) is 2.82. The molecular formula is C10H13N5O. The predicted molar refractivity (Wildman–Crippen MR) is 59.1 cm³/mol. The summed E-state index contributed by atoms with van der Waals surface area (Å²) in [6, 6.07) is 3.51. The second-order valence-electron chi connectivity index (χ2n) is 3.41. The van der Waals surface area contributed by atoms with Gasteiger partial charge in [0.25, 0.3) is 5.91 Å². The summed E-state index contributed by atoms with van der Waals surface area (Å²) >= 11 is 0. The molecule has 3 N–H and O–H groups in total. The van der Waals surface area contributed by atoms with Gasteiger partial charge in [0.1, 0.15) is 5.82 Å². The molecule has 0 spiro atoms. The SMILES string of the molecule is Cc1nnc2c(C(=O)NCCN)cccn12. The molecule has 2 rings (SSSR count). The molecule has 0 saturated carbocycles. The number of amides is 1. The van der Waals surface area contributed by atoms with E-state index < -0.39 is 0 Å². The summed E-state index contributed by atoms with van der Waals surface area (Å²) in [7, 11) is 0. The van der Waals surface area contributed by atoms with E-state index in [1.165, 1.54) is 0 Å². The van der Waals surface area contributed by atoms with Crippen molar-refractivity contribution in [1.29, 1.82) is 0 Å². The summed E-state index contributed by atoms with van der Waals surface area (Å²) < 4.78 is 1.78. The fourth-order valence-electron chi connectivity index (χ4n) is 1.49. The molecule has 84 valence electrons. The van der Waals surface area contributed by atoms with Crippen LogP contribution in [0.4, 0.5) is 0 Å². The van der Waals surface area contributed by atoms with E-state index in [0.717, 1.165) is 5.82 Å². The predicted octanol–water partition coefficient (Wildman–Crippen LogP) is -0.274. The maximum absolute atomic E-state index is 11.8. The van der Waals surface area contributed by atoms with Crippen LogP contribution < -0.4 is 11.1 Å². The molecular weight excluding hydrogens is 206 g/mol. The highest BCUT2D eigenvalue weighted by Gasteiger charge is 2.12. The van der Waals surface area contributed by atoms with Crippen molar-refractivity contribution in [3.05, 3.63) is 29.7 Å². The summed E-state index contributed by atoms with van der Waals surface area (Å²) in [6.07, 6.45) is 1.82. The topological polar surface area (TPSA) is 85.3 Å². The Morgan fingerprint density at radius 2 is 2.38 bits per heavy atom. The maximum Gasteiger partial charge on any atom is 0.255 e. The first-order valence-electron chi connectivity index (χ1n) is 5.02. The number of rotatable bonds is 3. The number of hydrogen-bond acceptors (Lipinski definition) is 4. The zero-order valence-corrected chi connectivity index (χ0v) is 8.97. The number of fused-ring (bicyclic) bond motifs is 1. The van der Waals surface area contributed by atoms with E-state index in [9.17, 15) is 4.79 Å². The van der Waals surface area contributed by atoms with Crippen molar-refractivity contribution >= 4 is 11.6 Å². The summed E-state index contributed by atoms with van der Waals surface area (Å²) in [5, 5.41) is 10.6. The van der Waals surface area contributed by atoms with Gasteiger partial charge in [-0.25, -0.2) is 0 Å². The second-order valence-corrected chi connectivity index (χ2v) is 3.41. The van der Waals surface area contributed by atoms with Crippen LogP contribution >= 0.6 is 0 Å². The number of carbonyl (C=O) groups excluding carboxylic acids is 1. The molecule has 0 aliphatic rings. The quantitative estimate of drug-likeness (QED) is 0.744. The largest absolute Gasteiger partial charge is 0.351 e. The molecule has 0 aromatic carbocycles. The molecule has 0 saturated heterocycles. The standard InChI is InChI=1S/C10H13N5O/c1-7-13-14-9-8(3-2-6-15(7)9)10(16)12-5-4-11/h2-3,6H,4-5,11H2,1H3,(H,12,16). The van der Waals surface area contributed by atoms with E-state index in [-0.39, 0.29) is 5.91 Å². The molecule has 0 bridgehead atoms. The normalized spacial score (nSPS) is 10.6. The lowest BCUT2D eigenvalue weighted by Gasteiger charge is -2.04. The molecule has 2 aromatic rings. The third kappa shape index (κ3) is 1.74. The fraction of sp³-hybridized carbons (Fsp3) is 0.300. The summed E-state index contributed by atoms with van der Waals surface area (Å²) in [4.78, 5) is 11.8. The van der Waals surface area contributed by atoms with Gasteiger partial charge in [0.15, 0.2) is 5.65 Å². The monoisotopic (exact) mass is 219 g/mol. The number of carbonyl (C=O) groups is 1. The molecule has 6 heteroatoms. The molecule has 0 aliphatic carbocycles. The summed E-state index contributed by atoms with van der Waals surface area (Å²) in [6.45, 7) is 2.70. The minimum Gasteiger partial charge on any atom is -0.351 e. The van der Waals surface area contributed by atoms with Gasteiger partial charge in [-0.1, -0.05) is 0 Å². The average molecular weight is 219 g/mol. The lowest BCUT2D eigenvalue weighted by Crippen LogP contribution is -2.29. The number of hydrogen-bond donors (Lipinski definition) is 2. The Balaban J connectivity index is 2.40. The third-order valence-corrected chi connectivity index (χ3v) is 2.28. The lowest BCUT2D eigenvalue weighted by molar-refractivity contribution is 0.0956. The van der Waals surface area contributed by atoms with Gasteiger partial charge in [-0.3, -0.25) is 9.20 Å². The Morgan fingerprint density at radius 1 is 1.56 bits per heavy atom. The Bertz CT molecular complexity index is 519. The van der Waals surface area contributed by atoms with Crippen molar-refractivity contribution in [2.24, 2.45) is 5.73 Å². The number of aromatic nitrogens is 3. The van der Waals surface area contributed by atoms with E-state index in [4.69, 9.17) is 5.73 Å². The highest BCUT2D eigenvalue weighted by molar-refractivity contribution is 5.99. The van der Waals surface area contributed by atoms with Gasteiger partial charge in [0.2, 0.25) is 0 Å². The maximum atomic E-state index is 11.8. The lowest BCUT2D eigenvalue weighted by atomic mass is 10.2. The van der Waals surface area contributed by atoms with E-state index in [2.05, 4.69) is 15.5 Å². The van der Waals surface area contributed by atoms with Gasteiger partial charge < -0.3 is 11.1 Å². The number of pyridine rings is 1. The van der Waals surface area contributed by atoms with Crippen LogP contribution in [0.3, 0.4) is 0 Å². The highest BCUT2D eigenvalue weighted by Crippen LogP contribution is 2.09. The zero-order valence-electron chi connectivity index (χ0n) is 8.97. The van der Waals surface area contributed by atoms with Crippen molar-refractivity contribution in [3.8, 4) is 0 Å². The number of nitrogens with two attached hydrogens (primary N) is 1. The minimum absolute atomic E-state index is 0.177. The number of nitrogens with zero attached hydrogens (tertiary/aromatic N) is 3. The molecule has 2 heterocycles. The van der Waals surface area contributed by atoms with Crippen LogP contribution in [-0.2, 0) is 0 Å². The second kappa shape index (κ2) is 4.28. The van der Waals surface area contributed by atoms with Crippen molar-refractivity contribution in [2.45, 2.75) is 6.92 Å². The van der Waals surface area contributed by atoms with Crippen LogP contribution in [0.2, 0.25) is 0 Å². The number of nitrogens with one attached hydrogen (secondary N) is 1. The van der Waals surface area contributed by atoms with Gasteiger partial charge >= 0.3 is 0 Å². The van der Waals surface area contributed by atoms with Crippen LogP contribution in [0.5, 0.6) is 0 Å². The van der Waals surface area contributed by atoms with Crippen LogP contribution in [0.15, 0.2) is 18.3 Å². The van der Waals surface area contributed by atoms with Gasteiger partial charge in [-0.15, -0.1) is 10.2 Å². The third-order valence-electron chi connectivity index (χ3n) is 2.28. The van der Waals surface area contributed by atoms with E-state index in [0.29, 0.717) is 24.3 Å². The smallest absolute Gasteiger partial charge is 0.255 e. The van der Waals surface area contributed by atoms with Crippen LogP contribution in [0.1, 0.15) is 16.2 Å². The van der Waals surface area contributed by atoms with Gasteiger partial charge in [-0.2, -0.15) is 0 Å². The highest BCUT2D eigenvalue weighted by atomic mass is 16.1. The van der Waals surface area contributed by atoms with E-state index in [1.807, 2.05) is 13.1 Å². The van der Waals surface area contributed by atoms with Crippen molar-refractivity contribution in [1.82, 2.24) is 19.9 Å². The molecule has 0 atom stereocenters. The Morgan fingerprint density at radius 3 is 3.12 bits per heavy atom. The molecule has 0 unspecified atom stereocenters. The molecule has 2 aromatic heterocycles. The number of aryl methyl sites for hydroxylation is 1. The van der Waals surface area contributed by atoms with Crippen molar-refractivity contribution in [2.75, 3.05) is 13.1 Å². The fourth-order valence-corrected chi connectivity index (χ4v) is 1.49.